The van der Waals surface area contributed by atoms with Gasteiger partial charge in [0, 0.05) is 19.4 Å². The fraction of sp³-hybridized carbons (Fsp3) is 0.789. The summed E-state index contributed by atoms with van der Waals surface area (Å²) >= 11 is 0. The molecule has 0 amide bonds. The average molecular weight is 716 g/mol. The van der Waals surface area contributed by atoms with E-state index in [2.05, 4.69) is 26.0 Å². The molecule has 0 aliphatic heterocycles. The Hall–Kier alpha value is -1.81. The predicted molar refractivity (Wildman–Crippen MR) is 198 cm³/mol. The highest BCUT2D eigenvalue weighted by molar-refractivity contribution is 7.47. The monoisotopic (exact) mass is 715 g/mol. The normalized spacial score (nSPS) is 14.5. The number of hydrogen-bond donors (Lipinski definition) is 3. The van der Waals surface area contributed by atoms with Crippen molar-refractivity contribution in [3.8, 4) is 0 Å². The van der Waals surface area contributed by atoms with Crippen LogP contribution in [0.4, 0.5) is 0 Å². The SMILES string of the molecule is CC/C=C/C/C=C/C=C/C(O)CCCCCCCC(=O)O[C@H](COC(=O)CCCCCCCCCCCCCC)COP(=O)(O)OCCN. The molecule has 4 N–H and O–H groups in total. The van der Waals surface area contributed by atoms with Crippen molar-refractivity contribution in [2.24, 2.45) is 5.73 Å². The maximum atomic E-state index is 12.5. The second-order valence-corrected chi connectivity index (χ2v) is 14.1. The minimum Gasteiger partial charge on any atom is -0.462 e. The van der Waals surface area contributed by atoms with Crippen molar-refractivity contribution in [1.29, 1.82) is 0 Å². The molecule has 0 saturated carbocycles. The van der Waals surface area contributed by atoms with Gasteiger partial charge in [0.05, 0.1) is 19.3 Å². The quantitative estimate of drug-likeness (QED) is 0.0190. The number of hydrogen-bond acceptors (Lipinski definition) is 9. The maximum Gasteiger partial charge on any atom is 0.472 e. The maximum absolute atomic E-state index is 12.5. The molecule has 0 rings (SSSR count). The Balaban J connectivity index is 4.32. The van der Waals surface area contributed by atoms with Gasteiger partial charge in [-0.25, -0.2) is 4.57 Å². The molecule has 0 heterocycles. The molecule has 0 spiro atoms. The topological polar surface area (TPSA) is 155 Å². The van der Waals surface area contributed by atoms with Gasteiger partial charge in [0.2, 0.25) is 0 Å². The van der Waals surface area contributed by atoms with Gasteiger partial charge < -0.3 is 25.2 Å². The highest BCUT2D eigenvalue weighted by Crippen LogP contribution is 2.43. The lowest BCUT2D eigenvalue weighted by Gasteiger charge is -2.19. The zero-order valence-corrected chi connectivity index (χ0v) is 31.7. The number of aliphatic hydroxyl groups is 1. The Morgan fingerprint density at radius 3 is 1.88 bits per heavy atom. The van der Waals surface area contributed by atoms with E-state index >= 15 is 0 Å². The van der Waals surface area contributed by atoms with Gasteiger partial charge in [0.15, 0.2) is 6.10 Å². The molecule has 0 aromatic carbocycles. The second kappa shape index (κ2) is 34.6. The molecule has 0 radical (unpaired) electrons. The third-order valence-electron chi connectivity index (χ3n) is 7.89. The van der Waals surface area contributed by atoms with Crippen LogP contribution in [0.15, 0.2) is 36.5 Å². The molecule has 0 aromatic heterocycles. The lowest BCUT2D eigenvalue weighted by molar-refractivity contribution is -0.161. The molecule has 0 aromatic rings. The zero-order chi connectivity index (χ0) is 36.3. The van der Waals surface area contributed by atoms with Crippen molar-refractivity contribution in [3.05, 3.63) is 36.5 Å². The molecule has 286 valence electrons. The van der Waals surface area contributed by atoms with Crippen molar-refractivity contribution >= 4 is 19.8 Å². The standard InChI is InChI=1S/C38H70NO9P/c1-3-5-7-9-11-12-13-14-15-17-21-25-29-37(41)45-33-36(34-47-49(43,44)46-32-31-39)48-38(42)30-26-22-18-20-24-28-35(40)27-23-19-16-10-8-6-4-2/h6,8,16,19,23,27,35-36,40H,3-5,7,9-15,17-18,20-22,24-26,28-34,39H2,1-2H3,(H,43,44)/b8-6+,19-16+,27-23+/t35?,36-/m1/s1. The third-order valence-corrected chi connectivity index (χ3v) is 8.88. The number of phosphoric ester groups is 1. The number of unbranched alkanes of at least 4 members (excludes halogenated alkanes) is 15. The van der Waals surface area contributed by atoms with Crippen molar-refractivity contribution in [2.45, 2.75) is 167 Å². The molecule has 3 atom stereocenters. The average Bonchev–Trinajstić information content (AvgIpc) is 3.08. The number of allylic oxidation sites excluding steroid dienone is 5. The first-order valence-corrected chi connectivity index (χ1v) is 20.6. The largest absolute Gasteiger partial charge is 0.472 e. The summed E-state index contributed by atoms with van der Waals surface area (Å²) in [7, 11) is -4.39. The Morgan fingerprint density at radius 2 is 1.29 bits per heavy atom. The van der Waals surface area contributed by atoms with Crippen LogP contribution in [-0.2, 0) is 32.7 Å². The molecule has 0 fully saturated rings. The molecule has 2 unspecified atom stereocenters. The number of carbonyl (C=O) groups is 2. The molecule has 10 nitrogen and oxygen atoms in total. The second-order valence-electron chi connectivity index (χ2n) is 12.6. The van der Waals surface area contributed by atoms with Gasteiger partial charge >= 0.3 is 19.8 Å². The lowest BCUT2D eigenvalue weighted by Crippen LogP contribution is -2.29. The van der Waals surface area contributed by atoms with E-state index < -0.39 is 38.6 Å². The van der Waals surface area contributed by atoms with Gasteiger partial charge in [-0.05, 0) is 32.1 Å². The Bertz CT molecular complexity index is 925. The van der Waals surface area contributed by atoms with E-state index in [1.807, 2.05) is 18.2 Å². The van der Waals surface area contributed by atoms with Gasteiger partial charge in [0.1, 0.15) is 6.61 Å². The molecule has 0 saturated heterocycles. The van der Waals surface area contributed by atoms with Crippen molar-refractivity contribution in [1.82, 2.24) is 0 Å². The number of carbonyl (C=O) groups excluding carboxylic acids is 2. The summed E-state index contributed by atoms with van der Waals surface area (Å²) in [6.45, 7) is 3.47. The van der Waals surface area contributed by atoms with Gasteiger partial charge in [-0.15, -0.1) is 0 Å². The van der Waals surface area contributed by atoms with Crippen LogP contribution in [0.1, 0.15) is 155 Å². The smallest absolute Gasteiger partial charge is 0.462 e. The highest BCUT2D eigenvalue weighted by atomic mass is 31.2. The van der Waals surface area contributed by atoms with E-state index in [0.29, 0.717) is 12.8 Å². The summed E-state index contributed by atoms with van der Waals surface area (Å²) in [4.78, 5) is 34.7. The van der Waals surface area contributed by atoms with E-state index in [-0.39, 0.29) is 32.6 Å². The van der Waals surface area contributed by atoms with Crippen LogP contribution >= 0.6 is 7.82 Å². The van der Waals surface area contributed by atoms with E-state index in [4.69, 9.17) is 24.3 Å². The summed E-state index contributed by atoms with van der Waals surface area (Å²) in [5, 5.41) is 10.1. The fourth-order valence-electron chi connectivity index (χ4n) is 5.05. The fourth-order valence-corrected chi connectivity index (χ4v) is 5.82. The predicted octanol–water partition coefficient (Wildman–Crippen LogP) is 9.19. The number of rotatable bonds is 35. The van der Waals surface area contributed by atoms with E-state index in [9.17, 15) is 24.2 Å². The number of ether oxygens (including phenoxy) is 2. The minimum atomic E-state index is -4.39. The summed E-state index contributed by atoms with van der Waals surface area (Å²) in [6.07, 6.45) is 31.9. The van der Waals surface area contributed by atoms with Crippen LogP contribution < -0.4 is 5.73 Å². The molecule has 49 heavy (non-hydrogen) atoms. The van der Waals surface area contributed by atoms with Crippen molar-refractivity contribution in [3.63, 3.8) is 0 Å². The van der Waals surface area contributed by atoms with E-state index in [0.717, 1.165) is 57.8 Å². The number of esters is 2. The Kier molecular flexibility index (Phi) is 33.4. The van der Waals surface area contributed by atoms with Crippen LogP contribution in [0.3, 0.4) is 0 Å². The van der Waals surface area contributed by atoms with E-state index in [1.54, 1.807) is 6.08 Å². The number of aliphatic hydroxyl groups excluding tert-OH is 1. The van der Waals surface area contributed by atoms with Crippen molar-refractivity contribution < 1.29 is 42.7 Å². The molecular formula is C38H70NO9P. The zero-order valence-electron chi connectivity index (χ0n) is 30.8. The molecule has 11 heteroatoms. The summed E-state index contributed by atoms with van der Waals surface area (Å²) in [5.41, 5.74) is 5.32. The highest BCUT2D eigenvalue weighted by Gasteiger charge is 2.26. The van der Waals surface area contributed by atoms with Gasteiger partial charge in [-0.2, -0.15) is 0 Å². The Morgan fingerprint density at radius 1 is 0.714 bits per heavy atom. The summed E-state index contributed by atoms with van der Waals surface area (Å²) in [5.74, 6) is -0.906. The molecule has 0 bridgehead atoms. The minimum absolute atomic E-state index is 0.0374. The van der Waals surface area contributed by atoms with Crippen LogP contribution in [0.2, 0.25) is 0 Å². The van der Waals surface area contributed by atoms with Crippen molar-refractivity contribution in [2.75, 3.05) is 26.4 Å². The van der Waals surface area contributed by atoms with Crippen LogP contribution in [0.25, 0.3) is 0 Å². The van der Waals surface area contributed by atoms with Gasteiger partial charge in [0.25, 0.3) is 0 Å². The van der Waals surface area contributed by atoms with Gasteiger partial charge in [-0.3, -0.25) is 18.6 Å². The van der Waals surface area contributed by atoms with Crippen LogP contribution in [-0.4, -0.2) is 60.5 Å². The van der Waals surface area contributed by atoms with Crippen LogP contribution in [0, 0.1) is 0 Å². The van der Waals surface area contributed by atoms with Crippen LogP contribution in [0.5, 0.6) is 0 Å². The summed E-state index contributed by atoms with van der Waals surface area (Å²) < 4.78 is 32.6. The first-order chi connectivity index (χ1) is 23.7. The third kappa shape index (κ3) is 34.4. The summed E-state index contributed by atoms with van der Waals surface area (Å²) in [6, 6.07) is 0. The molecule has 0 aliphatic rings. The number of nitrogens with two attached hydrogens (primary N) is 1. The van der Waals surface area contributed by atoms with Gasteiger partial charge in [-0.1, -0.05) is 147 Å². The number of phosphoric acid groups is 1. The molecular weight excluding hydrogens is 645 g/mol. The lowest BCUT2D eigenvalue weighted by atomic mass is 10.0. The first kappa shape index (κ1) is 47.2. The van der Waals surface area contributed by atoms with E-state index in [1.165, 1.54) is 57.8 Å². The first-order valence-electron chi connectivity index (χ1n) is 19.1. The molecule has 0 aliphatic carbocycles. The Labute approximate surface area is 297 Å².